The molecule has 0 atom stereocenters. The van der Waals surface area contributed by atoms with Gasteiger partial charge in [0.15, 0.2) is 0 Å². The second-order valence-corrected chi connectivity index (χ2v) is 4.88. The van der Waals surface area contributed by atoms with Gasteiger partial charge < -0.3 is 15.8 Å². The maximum absolute atomic E-state index is 11.9. The molecule has 7 nitrogen and oxygen atoms in total. The van der Waals surface area contributed by atoms with Crippen molar-refractivity contribution >= 4 is 11.8 Å². The highest BCUT2D eigenvalue weighted by Crippen LogP contribution is 2.21. The lowest BCUT2D eigenvalue weighted by atomic mass is 10.2. The topological polar surface area (TPSA) is 107 Å². The van der Waals surface area contributed by atoms with E-state index in [0.29, 0.717) is 23.0 Å². The van der Waals surface area contributed by atoms with Gasteiger partial charge in [-0.3, -0.25) is 9.59 Å². The number of carbonyl (C=O) groups is 2. The lowest BCUT2D eigenvalue weighted by Gasteiger charge is -2.08. The van der Waals surface area contributed by atoms with E-state index in [-0.39, 0.29) is 6.54 Å². The highest BCUT2D eigenvalue weighted by Gasteiger charge is 2.09. The smallest absolute Gasteiger partial charge is 0.251 e. The molecule has 120 valence electrons. The van der Waals surface area contributed by atoms with E-state index >= 15 is 0 Å². The molecular formula is C16H18N4O3. The lowest BCUT2D eigenvalue weighted by molar-refractivity contribution is -0.117. The molecule has 3 N–H and O–H groups in total. The van der Waals surface area contributed by atoms with E-state index in [1.807, 2.05) is 6.92 Å². The Labute approximate surface area is 133 Å². The summed E-state index contributed by atoms with van der Waals surface area (Å²) in [4.78, 5) is 31.1. The molecule has 0 aliphatic rings. The lowest BCUT2D eigenvalue weighted by Crippen LogP contribution is -2.33. The Morgan fingerprint density at radius 1 is 1.26 bits per heavy atom. The van der Waals surface area contributed by atoms with E-state index in [4.69, 9.17) is 10.5 Å². The van der Waals surface area contributed by atoms with Gasteiger partial charge in [-0.25, -0.2) is 4.98 Å². The number of nitrogens with one attached hydrogen (secondary N) is 1. The van der Waals surface area contributed by atoms with Gasteiger partial charge in [0.25, 0.3) is 5.91 Å². The fraction of sp³-hybridized carbons (Fsp3) is 0.250. The molecule has 0 radical (unpaired) electrons. The van der Waals surface area contributed by atoms with Crippen LogP contribution in [0.15, 0.2) is 30.3 Å². The van der Waals surface area contributed by atoms with Gasteiger partial charge in [-0.15, -0.1) is 0 Å². The van der Waals surface area contributed by atoms with Gasteiger partial charge in [-0.05, 0) is 31.5 Å². The molecule has 0 aliphatic carbocycles. The van der Waals surface area contributed by atoms with Gasteiger partial charge in [-0.1, -0.05) is 13.0 Å². The summed E-state index contributed by atoms with van der Waals surface area (Å²) in [5, 5.41) is 2.42. The van der Waals surface area contributed by atoms with Crippen LogP contribution in [-0.4, -0.2) is 28.3 Å². The number of benzene rings is 1. The van der Waals surface area contributed by atoms with E-state index in [1.165, 1.54) is 0 Å². The number of nitrogens with two attached hydrogens (primary N) is 1. The van der Waals surface area contributed by atoms with Crippen LogP contribution in [0.25, 0.3) is 0 Å². The zero-order valence-corrected chi connectivity index (χ0v) is 13.0. The first-order valence-electron chi connectivity index (χ1n) is 7.17. The fourth-order valence-electron chi connectivity index (χ4n) is 1.92. The van der Waals surface area contributed by atoms with Gasteiger partial charge in [0.05, 0.1) is 6.54 Å². The number of hydrogen-bond acceptors (Lipinski definition) is 5. The molecule has 0 fully saturated rings. The van der Waals surface area contributed by atoms with E-state index in [2.05, 4.69) is 15.3 Å². The number of nitrogens with zero attached hydrogens (tertiary/aromatic N) is 2. The summed E-state index contributed by atoms with van der Waals surface area (Å²) in [7, 11) is 0. The number of ether oxygens (including phenoxy) is 1. The summed E-state index contributed by atoms with van der Waals surface area (Å²) in [6.45, 7) is 3.57. The third-order valence-electron chi connectivity index (χ3n) is 2.97. The minimum atomic E-state index is -0.602. The molecule has 1 aromatic heterocycles. The van der Waals surface area contributed by atoms with Crippen molar-refractivity contribution in [2.24, 2.45) is 5.73 Å². The number of rotatable bonds is 6. The third kappa shape index (κ3) is 4.77. The standard InChI is InChI=1S/C16H18N4O3/c1-3-12-8-15(20-10(2)19-12)23-13-6-4-5-11(7-13)16(22)18-9-14(17)21/h4-8H,3,9H2,1-2H3,(H2,17,21)(H,18,22). The van der Waals surface area contributed by atoms with Crippen LogP contribution in [0.1, 0.15) is 28.8 Å². The quantitative estimate of drug-likeness (QED) is 0.837. The molecule has 2 rings (SSSR count). The van der Waals surface area contributed by atoms with Crippen LogP contribution >= 0.6 is 0 Å². The average Bonchev–Trinajstić information content (AvgIpc) is 2.52. The van der Waals surface area contributed by atoms with Crippen molar-refractivity contribution in [2.75, 3.05) is 6.54 Å². The summed E-state index contributed by atoms with van der Waals surface area (Å²) in [5.74, 6) is 0.507. The van der Waals surface area contributed by atoms with Crippen LogP contribution in [-0.2, 0) is 11.2 Å². The van der Waals surface area contributed by atoms with E-state index < -0.39 is 11.8 Å². The maximum Gasteiger partial charge on any atom is 0.251 e. The first kappa shape index (κ1) is 16.4. The van der Waals surface area contributed by atoms with Crippen LogP contribution in [0, 0.1) is 6.92 Å². The average molecular weight is 314 g/mol. The van der Waals surface area contributed by atoms with E-state index in [1.54, 1.807) is 37.3 Å². The molecule has 0 saturated heterocycles. The summed E-state index contributed by atoms with van der Waals surface area (Å²) in [6.07, 6.45) is 0.773. The summed E-state index contributed by atoms with van der Waals surface area (Å²) >= 11 is 0. The highest BCUT2D eigenvalue weighted by atomic mass is 16.5. The zero-order valence-electron chi connectivity index (χ0n) is 13.0. The molecule has 0 spiro atoms. The van der Waals surface area contributed by atoms with Crippen molar-refractivity contribution in [2.45, 2.75) is 20.3 Å². The number of aryl methyl sites for hydroxylation is 2. The zero-order chi connectivity index (χ0) is 16.8. The second kappa shape index (κ2) is 7.35. The van der Waals surface area contributed by atoms with E-state index in [9.17, 15) is 9.59 Å². The predicted molar refractivity (Wildman–Crippen MR) is 84.2 cm³/mol. The van der Waals surface area contributed by atoms with Gasteiger partial charge in [-0.2, -0.15) is 4.98 Å². The van der Waals surface area contributed by atoms with Crippen LogP contribution < -0.4 is 15.8 Å². The molecule has 0 aliphatic heterocycles. The van der Waals surface area contributed by atoms with Crippen molar-refractivity contribution < 1.29 is 14.3 Å². The Kier molecular flexibility index (Phi) is 5.24. The minimum absolute atomic E-state index is 0.213. The molecule has 1 aromatic carbocycles. The van der Waals surface area contributed by atoms with Gasteiger partial charge >= 0.3 is 0 Å². The Bertz CT molecular complexity index is 731. The molecule has 0 unspecified atom stereocenters. The number of carbonyl (C=O) groups excluding carboxylic acids is 2. The van der Waals surface area contributed by atoms with Crippen LogP contribution in [0.5, 0.6) is 11.6 Å². The number of aromatic nitrogens is 2. The third-order valence-corrected chi connectivity index (χ3v) is 2.97. The van der Waals surface area contributed by atoms with Crippen molar-refractivity contribution in [1.29, 1.82) is 0 Å². The number of hydrogen-bond donors (Lipinski definition) is 2. The summed E-state index contributed by atoms with van der Waals surface area (Å²) < 4.78 is 5.70. The largest absolute Gasteiger partial charge is 0.439 e. The molecule has 2 aromatic rings. The number of primary amides is 1. The Morgan fingerprint density at radius 3 is 2.74 bits per heavy atom. The predicted octanol–water partition coefficient (Wildman–Crippen LogP) is 1.35. The van der Waals surface area contributed by atoms with Crippen molar-refractivity contribution in [3.8, 4) is 11.6 Å². The van der Waals surface area contributed by atoms with Crippen LogP contribution in [0.4, 0.5) is 0 Å². The summed E-state index contributed by atoms with van der Waals surface area (Å²) in [5.41, 5.74) is 6.24. The highest BCUT2D eigenvalue weighted by molar-refractivity contribution is 5.96. The minimum Gasteiger partial charge on any atom is -0.439 e. The van der Waals surface area contributed by atoms with Crippen molar-refractivity contribution in [3.05, 3.63) is 47.4 Å². The normalized spacial score (nSPS) is 10.2. The molecule has 2 amide bonds. The Hall–Kier alpha value is -2.96. The molecule has 1 heterocycles. The van der Waals surface area contributed by atoms with Crippen molar-refractivity contribution in [1.82, 2.24) is 15.3 Å². The second-order valence-electron chi connectivity index (χ2n) is 4.88. The molecule has 0 bridgehead atoms. The molecular weight excluding hydrogens is 296 g/mol. The molecule has 0 saturated carbocycles. The Balaban J connectivity index is 2.15. The van der Waals surface area contributed by atoms with Gasteiger partial charge in [0.1, 0.15) is 11.6 Å². The molecule has 7 heteroatoms. The molecule has 23 heavy (non-hydrogen) atoms. The maximum atomic E-state index is 11.9. The van der Waals surface area contributed by atoms with E-state index in [0.717, 1.165) is 12.1 Å². The summed E-state index contributed by atoms with van der Waals surface area (Å²) in [6, 6.07) is 8.34. The number of amides is 2. The van der Waals surface area contributed by atoms with Gasteiger partial charge in [0.2, 0.25) is 11.8 Å². The fourth-order valence-corrected chi connectivity index (χ4v) is 1.92. The first-order valence-corrected chi connectivity index (χ1v) is 7.17. The monoisotopic (exact) mass is 314 g/mol. The van der Waals surface area contributed by atoms with Gasteiger partial charge in [0, 0.05) is 17.3 Å². The van der Waals surface area contributed by atoms with Crippen LogP contribution in [0.2, 0.25) is 0 Å². The Morgan fingerprint density at radius 2 is 2.04 bits per heavy atom. The SMILES string of the molecule is CCc1cc(Oc2cccc(C(=O)NCC(N)=O)c2)nc(C)n1. The van der Waals surface area contributed by atoms with Crippen molar-refractivity contribution in [3.63, 3.8) is 0 Å². The first-order chi connectivity index (χ1) is 11.0. The van der Waals surface area contributed by atoms with Crippen LogP contribution in [0.3, 0.4) is 0 Å².